The van der Waals surface area contributed by atoms with Gasteiger partial charge in [0.15, 0.2) is 0 Å². The number of rotatable bonds is 3. The van der Waals surface area contributed by atoms with E-state index in [1.165, 1.54) is 6.42 Å². The summed E-state index contributed by atoms with van der Waals surface area (Å²) in [6.07, 6.45) is 6.32. The van der Waals surface area contributed by atoms with Crippen LogP contribution in [0.5, 0.6) is 0 Å². The molecule has 1 heterocycles. The topological polar surface area (TPSA) is 29.5 Å². The lowest BCUT2D eigenvalue weighted by Gasteiger charge is -2.32. The Morgan fingerprint density at radius 1 is 1.29 bits per heavy atom. The normalized spacial score (nSPS) is 30.1. The first-order valence-corrected chi connectivity index (χ1v) is 6.86. The van der Waals surface area contributed by atoms with Crippen molar-refractivity contribution < 1.29 is 9.53 Å². The number of hydrogen-bond donors (Lipinski definition) is 0. The fourth-order valence-corrected chi connectivity index (χ4v) is 3.04. The number of carbonyl (C=O) groups is 1. The summed E-state index contributed by atoms with van der Waals surface area (Å²) in [5, 5.41) is 0. The zero-order valence-corrected chi connectivity index (χ0v) is 11.4. The lowest BCUT2D eigenvalue weighted by atomic mass is 9.93. The molecule has 1 saturated carbocycles. The first kappa shape index (κ1) is 13.0. The monoisotopic (exact) mass is 239 g/mol. The number of hydrogen-bond acceptors (Lipinski definition) is 3. The molecule has 0 amide bonds. The number of nitrogens with zero attached hydrogens (tertiary/aromatic N) is 1. The minimum Gasteiger partial charge on any atom is -0.371 e. The van der Waals surface area contributed by atoms with E-state index < -0.39 is 0 Å². The van der Waals surface area contributed by atoms with Crippen LogP contribution < -0.4 is 0 Å². The molecule has 0 radical (unpaired) electrons. The number of ether oxygens (including phenoxy) is 1. The lowest BCUT2D eigenvalue weighted by molar-refractivity contribution is -0.121. The minimum atomic E-state index is 0.0635. The van der Waals surface area contributed by atoms with Gasteiger partial charge in [-0.3, -0.25) is 4.79 Å². The molecule has 2 aliphatic rings. The average Bonchev–Trinajstić information content (AvgIpc) is 2.59. The highest BCUT2D eigenvalue weighted by atomic mass is 16.5. The quantitative estimate of drug-likeness (QED) is 0.757. The molecule has 1 saturated heterocycles. The van der Waals surface area contributed by atoms with Crippen LogP contribution in [0.3, 0.4) is 0 Å². The Hall–Kier alpha value is -0.410. The van der Waals surface area contributed by atoms with Gasteiger partial charge in [0.1, 0.15) is 5.78 Å². The van der Waals surface area contributed by atoms with Crippen molar-refractivity contribution in [3.63, 3.8) is 0 Å². The average molecular weight is 239 g/mol. The van der Waals surface area contributed by atoms with E-state index in [1.807, 2.05) is 0 Å². The molecular formula is C14H25NO2. The largest absolute Gasteiger partial charge is 0.371 e. The van der Waals surface area contributed by atoms with Crippen LogP contribution in [0.2, 0.25) is 0 Å². The van der Waals surface area contributed by atoms with Crippen LogP contribution in [0.1, 0.15) is 52.4 Å². The van der Waals surface area contributed by atoms with Gasteiger partial charge in [-0.2, -0.15) is 0 Å². The zero-order chi connectivity index (χ0) is 12.5. The summed E-state index contributed by atoms with van der Waals surface area (Å²) in [7, 11) is 2.18. The van der Waals surface area contributed by atoms with Crippen molar-refractivity contribution in [2.75, 3.05) is 13.6 Å². The summed E-state index contributed by atoms with van der Waals surface area (Å²) in [6, 6.07) is 0.583. The molecular weight excluding hydrogens is 214 g/mol. The molecule has 0 aromatic rings. The third-order valence-corrected chi connectivity index (χ3v) is 4.18. The van der Waals surface area contributed by atoms with Gasteiger partial charge in [0.25, 0.3) is 0 Å². The van der Waals surface area contributed by atoms with Gasteiger partial charge in [-0.15, -0.1) is 0 Å². The maximum Gasteiger partial charge on any atom is 0.133 e. The Morgan fingerprint density at radius 2 is 1.94 bits per heavy atom. The Balaban J connectivity index is 1.77. The predicted octanol–water partition coefficient (Wildman–Crippen LogP) is 2.39. The van der Waals surface area contributed by atoms with E-state index in [-0.39, 0.29) is 5.60 Å². The third-order valence-electron chi connectivity index (χ3n) is 4.18. The molecule has 1 unspecified atom stereocenters. The summed E-state index contributed by atoms with van der Waals surface area (Å²) in [6.45, 7) is 5.36. The second-order valence-electron chi connectivity index (χ2n) is 6.25. The first-order valence-electron chi connectivity index (χ1n) is 6.86. The number of carbonyl (C=O) groups excluding carboxylic acids is 1. The van der Waals surface area contributed by atoms with Gasteiger partial charge in [-0.25, -0.2) is 0 Å². The molecule has 1 atom stereocenters. The number of ketones is 1. The van der Waals surface area contributed by atoms with Crippen LogP contribution in [0.25, 0.3) is 0 Å². The lowest BCUT2D eigenvalue weighted by Crippen LogP contribution is -2.40. The van der Waals surface area contributed by atoms with Gasteiger partial charge >= 0.3 is 0 Å². The van der Waals surface area contributed by atoms with E-state index in [1.54, 1.807) is 0 Å². The van der Waals surface area contributed by atoms with Crippen LogP contribution in [0.15, 0.2) is 0 Å². The molecule has 2 fully saturated rings. The maximum atomic E-state index is 11.2. The highest BCUT2D eigenvalue weighted by Gasteiger charge is 2.33. The van der Waals surface area contributed by atoms with Crippen molar-refractivity contribution in [2.45, 2.75) is 70.1 Å². The van der Waals surface area contributed by atoms with Crippen LogP contribution in [-0.2, 0) is 9.53 Å². The fourth-order valence-electron chi connectivity index (χ4n) is 3.04. The van der Waals surface area contributed by atoms with Gasteiger partial charge in [0, 0.05) is 25.4 Å². The predicted molar refractivity (Wildman–Crippen MR) is 68.1 cm³/mol. The van der Waals surface area contributed by atoms with E-state index in [4.69, 9.17) is 4.74 Å². The minimum absolute atomic E-state index is 0.0635. The number of likely N-dealkylation sites (N-methyl/N-ethyl adjacent to an activating group) is 1. The Labute approximate surface area is 105 Å². The molecule has 3 nitrogen and oxygen atoms in total. The van der Waals surface area contributed by atoms with Gasteiger partial charge in [0.05, 0.1) is 11.7 Å². The van der Waals surface area contributed by atoms with E-state index in [0.29, 0.717) is 17.9 Å². The van der Waals surface area contributed by atoms with E-state index in [2.05, 4.69) is 25.8 Å². The number of Topliss-reactive ketones (excluding diaryl/α,β-unsaturated/α-hetero) is 1. The SMILES string of the molecule is CN(CC1CCC(C)(C)O1)C1CCC(=O)CC1. The fraction of sp³-hybridized carbons (Fsp3) is 0.929. The Kier molecular flexibility index (Phi) is 3.88. The molecule has 0 aromatic heterocycles. The summed E-state index contributed by atoms with van der Waals surface area (Å²) >= 11 is 0. The van der Waals surface area contributed by atoms with Crippen LogP contribution in [0.4, 0.5) is 0 Å². The van der Waals surface area contributed by atoms with Crippen molar-refractivity contribution in [2.24, 2.45) is 0 Å². The second-order valence-corrected chi connectivity index (χ2v) is 6.25. The molecule has 98 valence electrons. The van der Waals surface area contributed by atoms with Gasteiger partial charge < -0.3 is 9.64 Å². The van der Waals surface area contributed by atoms with Gasteiger partial charge in [-0.05, 0) is 46.6 Å². The van der Waals surface area contributed by atoms with Crippen LogP contribution >= 0.6 is 0 Å². The first-order chi connectivity index (χ1) is 7.96. The van der Waals surface area contributed by atoms with E-state index in [9.17, 15) is 4.79 Å². The second kappa shape index (κ2) is 5.07. The molecule has 2 rings (SSSR count). The van der Waals surface area contributed by atoms with Crippen LogP contribution in [0, 0.1) is 0 Å². The van der Waals surface area contributed by atoms with Crippen molar-refractivity contribution in [1.82, 2.24) is 4.90 Å². The zero-order valence-electron chi connectivity index (χ0n) is 11.4. The van der Waals surface area contributed by atoms with Crippen molar-refractivity contribution in [3.05, 3.63) is 0 Å². The van der Waals surface area contributed by atoms with E-state index >= 15 is 0 Å². The molecule has 0 bridgehead atoms. The maximum absolute atomic E-state index is 11.2. The molecule has 0 N–H and O–H groups in total. The van der Waals surface area contributed by atoms with E-state index in [0.717, 1.165) is 38.6 Å². The molecule has 1 aliphatic heterocycles. The molecule has 1 aliphatic carbocycles. The van der Waals surface area contributed by atoms with Gasteiger partial charge in [0.2, 0.25) is 0 Å². The third kappa shape index (κ3) is 3.52. The molecule has 0 aromatic carbocycles. The summed E-state index contributed by atoms with van der Waals surface area (Å²) in [5.74, 6) is 0.438. The van der Waals surface area contributed by atoms with Gasteiger partial charge in [-0.1, -0.05) is 0 Å². The molecule has 17 heavy (non-hydrogen) atoms. The Bertz CT molecular complexity index is 278. The highest BCUT2D eigenvalue weighted by molar-refractivity contribution is 5.79. The standard InChI is InChI=1S/C14H25NO2/c1-14(2)9-8-13(17-14)10-15(3)11-4-6-12(16)7-5-11/h11,13H,4-10H2,1-3H3. The smallest absolute Gasteiger partial charge is 0.133 e. The summed E-state index contributed by atoms with van der Waals surface area (Å²) in [5.41, 5.74) is 0.0635. The molecule has 3 heteroatoms. The summed E-state index contributed by atoms with van der Waals surface area (Å²) < 4.78 is 6.02. The highest BCUT2D eigenvalue weighted by Crippen LogP contribution is 2.30. The summed E-state index contributed by atoms with van der Waals surface area (Å²) in [4.78, 5) is 13.6. The van der Waals surface area contributed by atoms with Crippen LogP contribution in [-0.4, -0.2) is 42.0 Å². The van der Waals surface area contributed by atoms with Crippen molar-refractivity contribution in [3.8, 4) is 0 Å². The molecule has 0 spiro atoms. The van der Waals surface area contributed by atoms with Crippen molar-refractivity contribution in [1.29, 1.82) is 0 Å². The Morgan fingerprint density at radius 3 is 2.47 bits per heavy atom. The van der Waals surface area contributed by atoms with Crippen molar-refractivity contribution >= 4 is 5.78 Å².